The van der Waals surface area contributed by atoms with Crippen LogP contribution in [0.15, 0.2) is 73.1 Å². The molecule has 168 valence electrons. The Balaban J connectivity index is 2.06. The Morgan fingerprint density at radius 1 is 1.22 bits per heavy atom. The van der Waals surface area contributed by atoms with Crippen LogP contribution >= 0.6 is 0 Å². The van der Waals surface area contributed by atoms with E-state index in [-0.39, 0.29) is 17.6 Å². The molecule has 7 heteroatoms. The number of carbonyl (C=O) groups is 2. The zero-order valence-electron chi connectivity index (χ0n) is 18.8. The molecule has 1 unspecified atom stereocenters. The van der Waals surface area contributed by atoms with E-state index in [0.717, 1.165) is 17.5 Å². The number of hydrogen-bond acceptors (Lipinski definition) is 5. The van der Waals surface area contributed by atoms with Crippen LogP contribution in [0.5, 0.6) is 0 Å². The van der Waals surface area contributed by atoms with E-state index in [9.17, 15) is 9.59 Å². The van der Waals surface area contributed by atoms with Crippen molar-refractivity contribution >= 4 is 17.5 Å². The van der Waals surface area contributed by atoms with Gasteiger partial charge >= 0.3 is 0 Å². The molecule has 0 fully saturated rings. The van der Waals surface area contributed by atoms with Gasteiger partial charge < -0.3 is 21.7 Å². The number of nitrogens with one attached hydrogen (secondary N) is 3. The number of aryl methyl sites for hydroxylation is 1. The highest BCUT2D eigenvalue weighted by Crippen LogP contribution is 2.16. The van der Waals surface area contributed by atoms with Crippen LogP contribution in [-0.4, -0.2) is 29.9 Å². The van der Waals surface area contributed by atoms with E-state index in [1.54, 1.807) is 25.1 Å². The third kappa shape index (κ3) is 7.30. The number of aromatic nitrogens is 1. The largest absolute Gasteiger partial charge is 0.323 e. The first-order chi connectivity index (χ1) is 15.3. The lowest BCUT2D eigenvalue weighted by Crippen LogP contribution is -2.33. The normalized spacial score (nSPS) is 12.4. The van der Waals surface area contributed by atoms with E-state index in [1.165, 1.54) is 12.3 Å². The molecule has 1 aromatic carbocycles. The van der Waals surface area contributed by atoms with Gasteiger partial charge in [0, 0.05) is 30.2 Å². The molecule has 1 aromatic heterocycles. The summed E-state index contributed by atoms with van der Waals surface area (Å²) >= 11 is 0. The van der Waals surface area contributed by atoms with Crippen molar-refractivity contribution in [2.24, 2.45) is 5.73 Å². The van der Waals surface area contributed by atoms with Crippen LogP contribution in [0, 0.1) is 6.92 Å². The van der Waals surface area contributed by atoms with E-state index in [2.05, 4.69) is 27.5 Å². The average molecular weight is 434 g/mol. The lowest BCUT2D eigenvalue weighted by molar-refractivity contribution is 0.0956. The molecule has 5 N–H and O–H groups in total. The number of rotatable bonds is 10. The van der Waals surface area contributed by atoms with E-state index in [0.29, 0.717) is 23.5 Å². The fourth-order valence-corrected chi connectivity index (χ4v) is 2.84. The molecule has 7 nitrogen and oxygen atoms in total. The van der Waals surface area contributed by atoms with Crippen molar-refractivity contribution in [1.29, 1.82) is 0 Å². The first-order valence-electron chi connectivity index (χ1n) is 10.4. The molecule has 1 atom stereocenters. The Labute approximate surface area is 189 Å². The van der Waals surface area contributed by atoms with Crippen molar-refractivity contribution in [3.8, 4) is 0 Å². The summed E-state index contributed by atoms with van der Waals surface area (Å²) in [5.74, 6) is -0.694. The van der Waals surface area contributed by atoms with Crippen LogP contribution in [0.2, 0.25) is 0 Å². The minimum atomic E-state index is -0.395. The zero-order valence-corrected chi connectivity index (χ0v) is 18.8. The number of nitrogens with two attached hydrogens (primary N) is 1. The molecular formula is C25H31N5O2. The zero-order chi connectivity index (χ0) is 23.5. The van der Waals surface area contributed by atoms with E-state index in [1.807, 2.05) is 44.3 Å². The second kappa shape index (κ2) is 12.3. The number of carbonyl (C=O) groups excluding carboxylic acids is 2. The monoisotopic (exact) mass is 433 g/mol. The molecule has 0 radical (unpaired) electrons. The van der Waals surface area contributed by atoms with Gasteiger partial charge in [0.05, 0.1) is 5.56 Å². The second-order valence-corrected chi connectivity index (χ2v) is 7.38. The predicted octanol–water partition coefficient (Wildman–Crippen LogP) is 3.45. The minimum Gasteiger partial charge on any atom is -0.323 e. The lowest BCUT2D eigenvalue weighted by Gasteiger charge is -2.13. The van der Waals surface area contributed by atoms with E-state index in [4.69, 9.17) is 5.73 Å². The maximum atomic E-state index is 12.6. The standard InChI is InChI=1S/C25H31N5O2/c1-5-6-7-8-9-22(18(3)26)30-25(32)23-13-11-19(16-28-23)24(31)29-21-12-10-17(2)20(14-21)15-27-4/h5,7-14,16,18,27H,1,6,15,26H2,2-4H3,(H,29,31)(H,30,32)/b8-7-,22-9+. The van der Waals surface area contributed by atoms with Crippen molar-refractivity contribution in [2.75, 3.05) is 12.4 Å². The van der Waals surface area contributed by atoms with Crippen molar-refractivity contribution in [3.63, 3.8) is 0 Å². The minimum absolute atomic E-state index is 0.190. The first-order valence-corrected chi connectivity index (χ1v) is 10.4. The number of nitrogens with zero attached hydrogens (tertiary/aromatic N) is 1. The Morgan fingerprint density at radius 3 is 2.62 bits per heavy atom. The molecule has 1 heterocycles. The van der Waals surface area contributed by atoms with Crippen LogP contribution in [0.3, 0.4) is 0 Å². The molecule has 2 amide bonds. The highest BCUT2D eigenvalue weighted by atomic mass is 16.2. The van der Waals surface area contributed by atoms with Gasteiger partial charge in [0.2, 0.25) is 0 Å². The molecular weight excluding hydrogens is 402 g/mol. The number of anilines is 1. The molecule has 0 aliphatic carbocycles. The molecule has 2 rings (SSSR count). The summed E-state index contributed by atoms with van der Waals surface area (Å²) in [6.45, 7) is 8.17. The van der Waals surface area contributed by atoms with E-state index >= 15 is 0 Å². The smallest absolute Gasteiger partial charge is 0.274 e. The maximum absolute atomic E-state index is 12.6. The lowest BCUT2D eigenvalue weighted by atomic mass is 10.1. The van der Waals surface area contributed by atoms with Crippen LogP contribution in [0.1, 0.15) is 45.3 Å². The quantitative estimate of drug-likeness (QED) is 0.339. The summed E-state index contributed by atoms with van der Waals surface area (Å²) in [6, 6.07) is 8.47. The number of pyridine rings is 1. The Morgan fingerprint density at radius 2 is 2.00 bits per heavy atom. The number of hydrogen-bond donors (Lipinski definition) is 4. The van der Waals surface area contributed by atoms with Gasteiger partial charge in [-0.1, -0.05) is 24.3 Å². The van der Waals surface area contributed by atoms with Gasteiger partial charge in [-0.2, -0.15) is 0 Å². The highest BCUT2D eigenvalue weighted by molar-refractivity contribution is 6.04. The summed E-state index contributed by atoms with van der Waals surface area (Å²) in [7, 11) is 1.88. The molecule has 32 heavy (non-hydrogen) atoms. The van der Waals surface area contributed by atoms with Gasteiger partial charge in [0.15, 0.2) is 0 Å². The fourth-order valence-electron chi connectivity index (χ4n) is 2.84. The van der Waals surface area contributed by atoms with Gasteiger partial charge in [-0.05, 0) is 68.8 Å². The molecule has 0 bridgehead atoms. The van der Waals surface area contributed by atoms with Gasteiger partial charge in [-0.3, -0.25) is 14.6 Å². The average Bonchev–Trinajstić information content (AvgIpc) is 2.78. The summed E-state index contributed by atoms with van der Waals surface area (Å²) in [5.41, 5.74) is 10.00. The molecule has 0 saturated heterocycles. The van der Waals surface area contributed by atoms with Gasteiger partial charge in [-0.15, -0.1) is 6.58 Å². The van der Waals surface area contributed by atoms with Crippen molar-refractivity contribution in [3.05, 3.63) is 95.5 Å². The van der Waals surface area contributed by atoms with Crippen LogP contribution in [0.25, 0.3) is 0 Å². The third-order valence-electron chi connectivity index (χ3n) is 4.70. The Hall–Kier alpha value is -3.55. The number of amides is 2. The molecule has 0 saturated carbocycles. The topological polar surface area (TPSA) is 109 Å². The van der Waals surface area contributed by atoms with Gasteiger partial charge in [0.1, 0.15) is 5.69 Å². The van der Waals surface area contributed by atoms with Gasteiger partial charge in [-0.25, -0.2) is 0 Å². The molecule has 0 aliphatic heterocycles. The van der Waals surface area contributed by atoms with Crippen molar-refractivity contribution < 1.29 is 9.59 Å². The Kier molecular flexibility index (Phi) is 9.53. The molecule has 0 spiro atoms. The van der Waals surface area contributed by atoms with Crippen LogP contribution < -0.4 is 21.7 Å². The maximum Gasteiger partial charge on any atom is 0.274 e. The number of benzene rings is 1. The molecule has 2 aromatic rings. The highest BCUT2D eigenvalue weighted by Gasteiger charge is 2.13. The van der Waals surface area contributed by atoms with E-state index < -0.39 is 5.91 Å². The van der Waals surface area contributed by atoms with Crippen molar-refractivity contribution in [2.45, 2.75) is 32.9 Å². The number of allylic oxidation sites excluding steroid dienone is 4. The fraction of sp³-hybridized carbons (Fsp3) is 0.240. The Bertz CT molecular complexity index is 1010. The second-order valence-electron chi connectivity index (χ2n) is 7.38. The van der Waals surface area contributed by atoms with Crippen LogP contribution in [0.4, 0.5) is 5.69 Å². The summed E-state index contributed by atoms with van der Waals surface area (Å²) in [5, 5.41) is 8.75. The van der Waals surface area contributed by atoms with Crippen molar-refractivity contribution in [1.82, 2.24) is 15.6 Å². The third-order valence-corrected chi connectivity index (χ3v) is 4.70. The summed E-state index contributed by atoms with van der Waals surface area (Å²) in [6.07, 6.45) is 9.35. The summed E-state index contributed by atoms with van der Waals surface area (Å²) < 4.78 is 0. The summed E-state index contributed by atoms with van der Waals surface area (Å²) in [4.78, 5) is 29.3. The predicted molar refractivity (Wildman–Crippen MR) is 129 cm³/mol. The SMILES string of the molecule is C=CC/C=C\C=C(\NC(=O)c1ccc(C(=O)Nc2ccc(C)c(CNC)c2)cn1)C(C)N. The molecule has 0 aliphatic rings. The van der Waals surface area contributed by atoms with Gasteiger partial charge in [0.25, 0.3) is 11.8 Å². The first kappa shape index (κ1) is 24.7. The van der Waals surface area contributed by atoms with Crippen LogP contribution in [-0.2, 0) is 6.54 Å².